The van der Waals surface area contributed by atoms with E-state index in [2.05, 4.69) is 55.6 Å². The molecule has 2 N–H and O–H groups in total. The van der Waals surface area contributed by atoms with Gasteiger partial charge in [0.25, 0.3) is 5.91 Å². The summed E-state index contributed by atoms with van der Waals surface area (Å²) >= 11 is 1.52. The van der Waals surface area contributed by atoms with E-state index in [1.165, 1.54) is 17.5 Å². The molecule has 0 aliphatic carbocycles. The Kier molecular flexibility index (Phi) is 7.57. The van der Waals surface area contributed by atoms with Gasteiger partial charge >= 0.3 is 0 Å². The van der Waals surface area contributed by atoms with Crippen LogP contribution in [0.3, 0.4) is 0 Å². The van der Waals surface area contributed by atoms with Crippen LogP contribution < -0.4 is 14.8 Å². The molecular weight excluding hydrogens is 472 g/mol. The van der Waals surface area contributed by atoms with Gasteiger partial charge in [-0.15, -0.1) is 0 Å². The highest BCUT2D eigenvalue weighted by Gasteiger charge is 2.24. The number of hydrogen-bond acceptors (Lipinski definition) is 6. The summed E-state index contributed by atoms with van der Waals surface area (Å²) in [6.07, 6.45) is 1.99. The molecule has 1 aromatic heterocycles. The normalized spacial score (nSPS) is 14.1. The van der Waals surface area contributed by atoms with Crippen LogP contribution in [0, 0.1) is 0 Å². The van der Waals surface area contributed by atoms with Crippen molar-refractivity contribution in [3.8, 4) is 5.75 Å². The number of aryl methyl sites for hydroxylation is 1. The number of anilines is 2. The minimum Gasteiger partial charge on any atom is -0.492 e. The maximum absolute atomic E-state index is 13.3. The first-order chi connectivity index (χ1) is 17.2. The van der Waals surface area contributed by atoms with Gasteiger partial charge in [-0.2, -0.15) is 0 Å². The lowest BCUT2D eigenvalue weighted by molar-refractivity contribution is 0.0304. The number of carbonyl (C=O) groups excluding carboxylic acids is 1. The van der Waals surface area contributed by atoms with Crippen molar-refractivity contribution in [2.75, 3.05) is 49.7 Å². The molecule has 1 amide bonds. The highest BCUT2D eigenvalue weighted by Crippen LogP contribution is 2.41. The Labute approximate surface area is 218 Å². The number of ether oxygens (including phenoxy) is 2. The Morgan fingerprint density at radius 2 is 1.83 bits per heavy atom. The molecule has 0 bridgehead atoms. The van der Waals surface area contributed by atoms with Crippen molar-refractivity contribution in [2.45, 2.75) is 26.2 Å². The third kappa shape index (κ3) is 5.06. The van der Waals surface area contributed by atoms with Gasteiger partial charge < -0.3 is 29.0 Å². The summed E-state index contributed by atoms with van der Waals surface area (Å²) < 4.78 is 16.6. The fourth-order valence-electron chi connectivity index (χ4n) is 4.60. The molecular formula is C28H36N4O3S. The second kappa shape index (κ2) is 10.5. The van der Waals surface area contributed by atoms with Crippen LogP contribution >= 0.6 is 11.9 Å². The van der Waals surface area contributed by atoms with E-state index in [-0.39, 0.29) is 11.3 Å². The van der Waals surface area contributed by atoms with Crippen LogP contribution in [0.15, 0.2) is 43.0 Å². The Hall–Kier alpha value is -3.10. The molecule has 0 atom stereocenters. The van der Waals surface area contributed by atoms with Crippen molar-refractivity contribution in [3.63, 3.8) is 0 Å². The molecule has 0 radical (unpaired) electrons. The van der Waals surface area contributed by atoms with Crippen LogP contribution in [-0.4, -0.2) is 55.0 Å². The van der Waals surface area contributed by atoms with Crippen LogP contribution in [0.2, 0.25) is 0 Å². The standard InChI is InChI=1S/C28H36N4O3S/c1-18(29-22-16-20(28(2,3)4)17-23(30-36-7)26(22)34-6)24-15-19-9-8-10-21(25(19)31(24)5)27(33)32-11-13-35-14-12-32/h8-10,15-17,29-30H,1,11-14H2,2-7H3. The molecule has 1 aliphatic heterocycles. The smallest absolute Gasteiger partial charge is 0.256 e. The van der Waals surface area contributed by atoms with Gasteiger partial charge in [-0.05, 0) is 35.2 Å². The number of rotatable bonds is 7. The average molecular weight is 509 g/mol. The van der Waals surface area contributed by atoms with E-state index in [1.807, 2.05) is 41.0 Å². The third-order valence-electron chi connectivity index (χ3n) is 6.55. The molecule has 1 aliphatic rings. The van der Waals surface area contributed by atoms with Crippen molar-refractivity contribution >= 4 is 45.8 Å². The highest BCUT2D eigenvalue weighted by atomic mass is 32.2. The zero-order valence-corrected chi connectivity index (χ0v) is 22.8. The minimum absolute atomic E-state index is 0.0301. The van der Waals surface area contributed by atoms with E-state index in [0.717, 1.165) is 39.4 Å². The monoisotopic (exact) mass is 508 g/mol. The Bertz CT molecular complexity index is 1290. The first-order valence-electron chi connectivity index (χ1n) is 12.1. The summed E-state index contributed by atoms with van der Waals surface area (Å²) in [5.74, 6) is 0.753. The fourth-order valence-corrected chi connectivity index (χ4v) is 4.97. The molecule has 1 saturated heterocycles. The number of hydrogen-bond donors (Lipinski definition) is 2. The topological polar surface area (TPSA) is 67.8 Å². The number of morpholine rings is 1. The molecule has 192 valence electrons. The molecule has 8 heteroatoms. The summed E-state index contributed by atoms with van der Waals surface area (Å²) in [7, 11) is 3.65. The lowest BCUT2D eigenvalue weighted by Crippen LogP contribution is -2.40. The second-order valence-corrected chi connectivity index (χ2v) is 10.6. The van der Waals surface area contributed by atoms with Gasteiger partial charge in [0.2, 0.25) is 0 Å². The number of fused-ring (bicyclic) bond motifs is 1. The summed E-state index contributed by atoms with van der Waals surface area (Å²) in [6, 6.07) is 12.2. The summed E-state index contributed by atoms with van der Waals surface area (Å²) in [6.45, 7) is 13.3. The molecule has 7 nitrogen and oxygen atoms in total. The third-order valence-corrected chi connectivity index (χ3v) is 6.97. The number of amides is 1. The number of nitrogens with one attached hydrogen (secondary N) is 2. The van der Waals surface area contributed by atoms with Gasteiger partial charge in [0.15, 0.2) is 5.75 Å². The number of para-hydroxylation sites is 1. The molecule has 2 heterocycles. The maximum atomic E-state index is 13.3. The average Bonchev–Trinajstić information content (AvgIpc) is 3.20. The van der Waals surface area contributed by atoms with Crippen molar-refractivity contribution in [3.05, 3.63) is 59.8 Å². The second-order valence-electron chi connectivity index (χ2n) is 10.0. The van der Waals surface area contributed by atoms with E-state index in [0.29, 0.717) is 31.9 Å². The van der Waals surface area contributed by atoms with E-state index in [9.17, 15) is 4.79 Å². The van der Waals surface area contributed by atoms with Crippen LogP contribution in [0.5, 0.6) is 5.75 Å². The number of aromatic nitrogens is 1. The zero-order chi connectivity index (χ0) is 26.0. The summed E-state index contributed by atoms with van der Waals surface area (Å²) in [4.78, 5) is 15.2. The van der Waals surface area contributed by atoms with Crippen molar-refractivity contribution in [1.29, 1.82) is 0 Å². The van der Waals surface area contributed by atoms with E-state index >= 15 is 0 Å². The summed E-state index contributed by atoms with van der Waals surface area (Å²) in [5, 5.41) is 4.50. The molecule has 36 heavy (non-hydrogen) atoms. The lowest BCUT2D eigenvalue weighted by atomic mass is 9.86. The van der Waals surface area contributed by atoms with Crippen LogP contribution in [0.1, 0.15) is 42.4 Å². The SMILES string of the molecule is C=C(Nc1cc(C(C)(C)C)cc(NSC)c1OC)c1cc2cccc(C(=O)N3CCOCC3)c2n1C. The lowest BCUT2D eigenvalue weighted by Gasteiger charge is -2.27. The van der Waals surface area contributed by atoms with Crippen LogP contribution in [0.4, 0.5) is 11.4 Å². The Balaban J connectivity index is 1.73. The van der Waals surface area contributed by atoms with Crippen molar-refractivity contribution in [1.82, 2.24) is 9.47 Å². The first-order valence-corrected chi connectivity index (χ1v) is 13.3. The van der Waals surface area contributed by atoms with Crippen LogP contribution in [-0.2, 0) is 17.2 Å². The van der Waals surface area contributed by atoms with Gasteiger partial charge in [-0.3, -0.25) is 4.79 Å². The van der Waals surface area contributed by atoms with E-state index in [4.69, 9.17) is 9.47 Å². The summed E-state index contributed by atoms with van der Waals surface area (Å²) in [5.41, 5.74) is 6.07. The molecule has 4 rings (SSSR count). The number of nitrogens with zero attached hydrogens (tertiary/aromatic N) is 2. The molecule has 0 spiro atoms. The van der Waals surface area contributed by atoms with Gasteiger partial charge in [-0.25, -0.2) is 0 Å². The molecule has 1 fully saturated rings. The minimum atomic E-state index is -0.0483. The van der Waals surface area contributed by atoms with E-state index in [1.54, 1.807) is 7.11 Å². The van der Waals surface area contributed by atoms with Gasteiger partial charge in [0.05, 0.1) is 54.2 Å². The van der Waals surface area contributed by atoms with E-state index < -0.39 is 0 Å². The Morgan fingerprint density at radius 3 is 2.47 bits per heavy atom. The predicted octanol–water partition coefficient (Wildman–Crippen LogP) is 5.73. The van der Waals surface area contributed by atoms with Crippen molar-refractivity contribution in [2.24, 2.45) is 7.05 Å². The van der Waals surface area contributed by atoms with Gasteiger partial charge in [-0.1, -0.05) is 51.4 Å². The van der Waals surface area contributed by atoms with Gasteiger partial charge in [0, 0.05) is 31.8 Å². The predicted molar refractivity (Wildman–Crippen MR) is 151 cm³/mol. The molecule has 0 unspecified atom stereocenters. The number of benzene rings is 2. The molecule has 3 aromatic rings. The number of methoxy groups -OCH3 is 1. The molecule has 0 saturated carbocycles. The fraction of sp³-hybridized carbons (Fsp3) is 0.393. The highest BCUT2D eigenvalue weighted by molar-refractivity contribution is 7.99. The van der Waals surface area contributed by atoms with Gasteiger partial charge in [0.1, 0.15) is 0 Å². The maximum Gasteiger partial charge on any atom is 0.256 e. The zero-order valence-electron chi connectivity index (χ0n) is 22.0. The largest absolute Gasteiger partial charge is 0.492 e. The molecule has 2 aromatic carbocycles. The van der Waals surface area contributed by atoms with Crippen LogP contribution in [0.25, 0.3) is 16.6 Å². The first kappa shape index (κ1) is 26.0. The Morgan fingerprint density at radius 1 is 1.14 bits per heavy atom. The number of carbonyl (C=O) groups is 1. The van der Waals surface area contributed by atoms with Crippen molar-refractivity contribution < 1.29 is 14.3 Å². The quantitative estimate of drug-likeness (QED) is 0.397.